The van der Waals surface area contributed by atoms with Gasteiger partial charge in [-0.2, -0.15) is 0 Å². The maximum atomic E-state index is 13.2. The molecule has 0 aliphatic heterocycles. The van der Waals surface area contributed by atoms with Crippen molar-refractivity contribution in [3.05, 3.63) is 18.2 Å². The minimum absolute atomic E-state index is 0.0412. The molecule has 0 saturated carbocycles. The van der Waals surface area contributed by atoms with Gasteiger partial charge in [0.05, 0.1) is 12.4 Å². The summed E-state index contributed by atoms with van der Waals surface area (Å²) in [5.74, 6) is -2.46. The average Bonchev–Trinajstić information content (AvgIpc) is 3.24. The van der Waals surface area contributed by atoms with Gasteiger partial charge in [-0.05, 0) is 37.0 Å². The van der Waals surface area contributed by atoms with E-state index in [1.165, 1.54) is 6.33 Å². The van der Waals surface area contributed by atoms with Crippen molar-refractivity contribution < 1.29 is 24.3 Å². The highest BCUT2D eigenvalue weighted by Crippen LogP contribution is 2.10. The lowest BCUT2D eigenvalue weighted by atomic mass is 9.99. The van der Waals surface area contributed by atoms with Crippen molar-refractivity contribution >= 4 is 23.7 Å². The van der Waals surface area contributed by atoms with Gasteiger partial charge in [0.15, 0.2) is 0 Å². The number of imidazole rings is 1. The fraction of sp³-hybridized carbons (Fsp3) is 0.708. The summed E-state index contributed by atoms with van der Waals surface area (Å²) in [7, 11) is 0. The molecule has 0 aromatic carbocycles. The van der Waals surface area contributed by atoms with Crippen molar-refractivity contribution in [3.63, 3.8) is 0 Å². The summed E-state index contributed by atoms with van der Waals surface area (Å²) in [4.78, 5) is 57.4. The molecule has 198 valence electrons. The maximum Gasteiger partial charge on any atom is 0.326 e. The number of carbonyl (C=O) groups excluding carboxylic acids is 3. The topological polar surface area (TPSA) is 179 Å². The van der Waals surface area contributed by atoms with Gasteiger partial charge < -0.3 is 31.8 Å². The summed E-state index contributed by atoms with van der Waals surface area (Å²) < 4.78 is 0. The predicted octanol–water partition coefficient (Wildman–Crippen LogP) is 0.957. The van der Waals surface area contributed by atoms with Crippen LogP contribution in [0.5, 0.6) is 0 Å². The normalized spacial score (nSPS) is 14.9. The van der Waals surface area contributed by atoms with Crippen molar-refractivity contribution in [1.29, 1.82) is 0 Å². The number of amides is 3. The second kappa shape index (κ2) is 14.4. The standard InChI is InChI=1S/C24H42N6O5/c1-13(2)7-17(25)21(31)28-19(10-16-11-26-12-27-16)23(33)29-18(8-14(3)4)22(32)30-20(24(34)35)9-15(5)6/h11-15,17-20H,7-10,25H2,1-6H3,(H,26,27)(H,28,31)(H,29,33)(H,30,32)(H,34,35). The molecular formula is C24H42N6O5. The molecule has 0 radical (unpaired) electrons. The SMILES string of the molecule is CC(C)CC(N)C(=O)NC(Cc1cnc[nH]1)C(=O)NC(CC(C)C)C(=O)NC(CC(C)C)C(=O)O. The zero-order valence-corrected chi connectivity index (χ0v) is 21.6. The number of aliphatic carboxylic acids is 1. The monoisotopic (exact) mass is 494 g/mol. The van der Waals surface area contributed by atoms with Gasteiger partial charge in [-0.15, -0.1) is 0 Å². The number of nitrogens with two attached hydrogens (primary N) is 1. The number of aromatic amines is 1. The van der Waals surface area contributed by atoms with Crippen molar-refractivity contribution in [3.8, 4) is 0 Å². The molecule has 0 spiro atoms. The summed E-state index contributed by atoms with van der Waals surface area (Å²) >= 11 is 0. The lowest BCUT2D eigenvalue weighted by Gasteiger charge is -2.26. The van der Waals surface area contributed by atoms with Crippen LogP contribution in [-0.2, 0) is 25.6 Å². The zero-order valence-electron chi connectivity index (χ0n) is 21.6. The molecule has 11 nitrogen and oxygen atoms in total. The van der Waals surface area contributed by atoms with E-state index >= 15 is 0 Å². The molecule has 1 aromatic heterocycles. The van der Waals surface area contributed by atoms with E-state index in [9.17, 15) is 24.3 Å². The first-order valence-corrected chi connectivity index (χ1v) is 12.2. The third-order valence-corrected chi connectivity index (χ3v) is 5.34. The predicted molar refractivity (Wildman–Crippen MR) is 132 cm³/mol. The van der Waals surface area contributed by atoms with Gasteiger partial charge in [0.2, 0.25) is 17.7 Å². The molecule has 4 atom stereocenters. The summed E-state index contributed by atoms with van der Waals surface area (Å²) in [6.07, 6.45) is 4.13. The molecule has 0 fully saturated rings. The Balaban J connectivity index is 3.05. The minimum Gasteiger partial charge on any atom is -0.480 e. The molecule has 0 aliphatic carbocycles. The molecule has 0 bridgehead atoms. The Morgan fingerprint density at radius 1 is 0.829 bits per heavy atom. The van der Waals surface area contributed by atoms with E-state index in [0.29, 0.717) is 18.5 Å². The number of carboxylic acids is 1. The number of H-pyrrole nitrogens is 1. The molecule has 1 rings (SSSR count). The first-order valence-electron chi connectivity index (χ1n) is 12.2. The summed E-state index contributed by atoms with van der Waals surface area (Å²) in [5.41, 5.74) is 6.62. The van der Waals surface area contributed by atoms with E-state index in [1.54, 1.807) is 6.20 Å². The zero-order chi connectivity index (χ0) is 26.7. The molecule has 11 heteroatoms. The number of carbonyl (C=O) groups is 4. The molecule has 35 heavy (non-hydrogen) atoms. The fourth-order valence-electron chi connectivity index (χ4n) is 3.66. The number of nitrogens with one attached hydrogen (secondary N) is 4. The molecule has 1 aromatic rings. The highest BCUT2D eigenvalue weighted by molar-refractivity contribution is 5.94. The van der Waals surface area contributed by atoms with Gasteiger partial charge in [-0.3, -0.25) is 14.4 Å². The lowest BCUT2D eigenvalue weighted by Crippen LogP contribution is -2.58. The van der Waals surface area contributed by atoms with Gasteiger partial charge in [0, 0.05) is 18.3 Å². The quantitative estimate of drug-likeness (QED) is 0.210. The van der Waals surface area contributed by atoms with Crippen molar-refractivity contribution in [2.24, 2.45) is 23.5 Å². The lowest BCUT2D eigenvalue weighted by molar-refractivity contribution is -0.143. The molecule has 4 unspecified atom stereocenters. The average molecular weight is 495 g/mol. The van der Waals surface area contributed by atoms with Crippen LogP contribution in [-0.4, -0.2) is 62.9 Å². The van der Waals surface area contributed by atoms with Crippen LogP contribution in [0.3, 0.4) is 0 Å². The molecule has 1 heterocycles. The number of carboxylic acid groups (broad SMARTS) is 1. The van der Waals surface area contributed by atoms with E-state index in [1.807, 2.05) is 41.5 Å². The minimum atomic E-state index is -1.13. The Morgan fingerprint density at radius 2 is 1.31 bits per heavy atom. The molecule has 0 saturated heterocycles. The van der Waals surface area contributed by atoms with Gasteiger partial charge >= 0.3 is 5.97 Å². The second-order valence-corrected chi connectivity index (χ2v) is 10.3. The Bertz CT molecular complexity index is 824. The van der Waals surface area contributed by atoms with Crippen LogP contribution < -0.4 is 21.7 Å². The number of hydrogen-bond donors (Lipinski definition) is 6. The van der Waals surface area contributed by atoms with E-state index in [4.69, 9.17) is 5.73 Å². The summed E-state index contributed by atoms with van der Waals surface area (Å²) in [6.45, 7) is 11.4. The Morgan fingerprint density at radius 3 is 1.80 bits per heavy atom. The fourth-order valence-corrected chi connectivity index (χ4v) is 3.66. The van der Waals surface area contributed by atoms with Crippen LogP contribution in [0.1, 0.15) is 66.5 Å². The Hall–Kier alpha value is -2.95. The number of rotatable bonds is 15. The van der Waals surface area contributed by atoms with Crippen LogP contribution in [0.25, 0.3) is 0 Å². The summed E-state index contributed by atoms with van der Waals surface area (Å²) in [6, 6.07) is -3.82. The van der Waals surface area contributed by atoms with E-state index in [-0.39, 0.29) is 30.6 Å². The third kappa shape index (κ3) is 11.3. The largest absolute Gasteiger partial charge is 0.480 e. The number of hydrogen-bond acceptors (Lipinski definition) is 6. The summed E-state index contributed by atoms with van der Waals surface area (Å²) in [5, 5.41) is 17.4. The van der Waals surface area contributed by atoms with E-state index in [2.05, 4.69) is 25.9 Å². The van der Waals surface area contributed by atoms with E-state index < -0.39 is 47.9 Å². The van der Waals surface area contributed by atoms with Crippen LogP contribution >= 0.6 is 0 Å². The number of nitrogens with zero attached hydrogens (tertiary/aromatic N) is 1. The molecular weight excluding hydrogens is 452 g/mol. The highest BCUT2D eigenvalue weighted by Gasteiger charge is 2.31. The smallest absolute Gasteiger partial charge is 0.326 e. The molecule has 3 amide bonds. The van der Waals surface area contributed by atoms with Crippen LogP contribution in [0.15, 0.2) is 12.5 Å². The van der Waals surface area contributed by atoms with Crippen LogP contribution in [0, 0.1) is 17.8 Å². The first kappa shape index (κ1) is 30.1. The third-order valence-electron chi connectivity index (χ3n) is 5.34. The van der Waals surface area contributed by atoms with Gasteiger partial charge in [-0.1, -0.05) is 41.5 Å². The van der Waals surface area contributed by atoms with E-state index in [0.717, 1.165) is 0 Å². The van der Waals surface area contributed by atoms with Crippen molar-refractivity contribution in [1.82, 2.24) is 25.9 Å². The van der Waals surface area contributed by atoms with Gasteiger partial charge in [0.25, 0.3) is 0 Å². The van der Waals surface area contributed by atoms with Crippen LogP contribution in [0.2, 0.25) is 0 Å². The van der Waals surface area contributed by atoms with Crippen molar-refractivity contribution in [2.45, 2.75) is 91.4 Å². The Kier molecular flexibility index (Phi) is 12.4. The van der Waals surface area contributed by atoms with Gasteiger partial charge in [0.1, 0.15) is 18.1 Å². The molecule has 7 N–H and O–H groups in total. The Labute approximate surface area is 207 Å². The van der Waals surface area contributed by atoms with Crippen molar-refractivity contribution in [2.75, 3.05) is 0 Å². The molecule has 0 aliphatic rings. The number of aromatic nitrogens is 2. The first-order chi connectivity index (χ1) is 16.3. The van der Waals surface area contributed by atoms with Gasteiger partial charge in [-0.25, -0.2) is 9.78 Å². The highest BCUT2D eigenvalue weighted by atomic mass is 16.4. The maximum absolute atomic E-state index is 13.2. The van der Waals surface area contributed by atoms with Crippen LogP contribution in [0.4, 0.5) is 0 Å². The second-order valence-electron chi connectivity index (χ2n) is 10.3.